The molecular formula is C17H29NO2. The van der Waals surface area contributed by atoms with Gasteiger partial charge in [-0.3, -0.25) is 0 Å². The summed E-state index contributed by atoms with van der Waals surface area (Å²) in [5, 5.41) is 9.82. The molecule has 0 saturated carbocycles. The summed E-state index contributed by atoms with van der Waals surface area (Å²) < 4.78 is 5.72. The lowest BCUT2D eigenvalue weighted by atomic mass is 9.85. The Hall–Kier alpha value is -1.06. The quantitative estimate of drug-likeness (QED) is 0.767. The maximum atomic E-state index is 9.82. The van der Waals surface area contributed by atoms with Crippen LogP contribution >= 0.6 is 0 Å². The normalized spacial score (nSPS) is 14.1. The van der Waals surface area contributed by atoms with Gasteiger partial charge < -0.3 is 15.6 Å². The summed E-state index contributed by atoms with van der Waals surface area (Å²) in [5.74, 6) is 1.30. The Labute approximate surface area is 123 Å². The fourth-order valence-electron chi connectivity index (χ4n) is 2.80. The van der Waals surface area contributed by atoms with Gasteiger partial charge in [0.25, 0.3) is 0 Å². The SMILES string of the molecule is CCCOc1cc(C)c(C(CC)CC(O)CN)c(C)c1. The second kappa shape index (κ2) is 8.28. The molecule has 114 valence electrons. The van der Waals surface area contributed by atoms with Crippen molar-refractivity contribution in [1.29, 1.82) is 0 Å². The van der Waals surface area contributed by atoms with Crippen LogP contribution in [0.2, 0.25) is 0 Å². The third-order valence-electron chi connectivity index (χ3n) is 3.77. The molecule has 0 aliphatic heterocycles. The second-order valence-electron chi connectivity index (χ2n) is 5.55. The highest BCUT2D eigenvalue weighted by molar-refractivity contribution is 5.43. The summed E-state index contributed by atoms with van der Waals surface area (Å²) in [4.78, 5) is 0. The molecule has 2 unspecified atom stereocenters. The molecule has 0 aliphatic rings. The van der Waals surface area contributed by atoms with E-state index in [-0.39, 0.29) is 0 Å². The largest absolute Gasteiger partial charge is 0.494 e. The third-order valence-corrected chi connectivity index (χ3v) is 3.77. The van der Waals surface area contributed by atoms with Crippen molar-refractivity contribution < 1.29 is 9.84 Å². The van der Waals surface area contributed by atoms with Crippen molar-refractivity contribution in [2.24, 2.45) is 5.73 Å². The van der Waals surface area contributed by atoms with E-state index in [1.54, 1.807) is 0 Å². The summed E-state index contributed by atoms with van der Waals surface area (Å²) in [6, 6.07) is 4.21. The molecule has 0 radical (unpaired) electrons. The van der Waals surface area contributed by atoms with Crippen LogP contribution in [0, 0.1) is 13.8 Å². The van der Waals surface area contributed by atoms with Crippen molar-refractivity contribution in [2.45, 2.75) is 59.0 Å². The zero-order valence-electron chi connectivity index (χ0n) is 13.3. The van der Waals surface area contributed by atoms with E-state index in [4.69, 9.17) is 10.5 Å². The molecule has 1 aromatic rings. The highest BCUT2D eigenvalue weighted by Crippen LogP contribution is 2.33. The molecule has 0 aliphatic carbocycles. The topological polar surface area (TPSA) is 55.5 Å². The van der Waals surface area contributed by atoms with Crippen LogP contribution in [-0.2, 0) is 0 Å². The summed E-state index contributed by atoms with van der Waals surface area (Å²) in [6.45, 7) is 9.59. The summed E-state index contributed by atoms with van der Waals surface area (Å²) in [5.41, 5.74) is 9.36. The van der Waals surface area contributed by atoms with E-state index in [2.05, 4.69) is 39.8 Å². The van der Waals surface area contributed by atoms with Gasteiger partial charge in [-0.05, 0) is 67.9 Å². The predicted octanol–water partition coefficient (Wildman–Crippen LogP) is 3.30. The molecule has 0 heterocycles. The Morgan fingerprint density at radius 3 is 2.25 bits per heavy atom. The molecular weight excluding hydrogens is 250 g/mol. The van der Waals surface area contributed by atoms with E-state index in [9.17, 15) is 5.11 Å². The van der Waals surface area contributed by atoms with Gasteiger partial charge in [-0.1, -0.05) is 13.8 Å². The lowest BCUT2D eigenvalue weighted by molar-refractivity contribution is 0.162. The molecule has 3 heteroatoms. The fourth-order valence-corrected chi connectivity index (χ4v) is 2.80. The number of hydrogen-bond donors (Lipinski definition) is 2. The van der Waals surface area contributed by atoms with E-state index in [0.29, 0.717) is 12.5 Å². The van der Waals surface area contributed by atoms with Crippen LogP contribution in [0.1, 0.15) is 55.7 Å². The first kappa shape index (κ1) is 17.0. The number of ether oxygens (including phenoxy) is 1. The van der Waals surface area contributed by atoms with E-state index >= 15 is 0 Å². The number of benzene rings is 1. The third kappa shape index (κ3) is 4.50. The fraction of sp³-hybridized carbons (Fsp3) is 0.647. The molecule has 20 heavy (non-hydrogen) atoms. The minimum absolute atomic E-state index is 0.326. The first-order valence-electron chi connectivity index (χ1n) is 7.65. The van der Waals surface area contributed by atoms with Crippen LogP contribution in [0.15, 0.2) is 12.1 Å². The van der Waals surface area contributed by atoms with E-state index in [1.165, 1.54) is 16.7 Å². The second-order valence-corrected chi connectivity index (χ2v) is 5.55. The molecule has 2 atom stereocenters. The summed E-state index contributed by atoms with van der Waals surface area (Å²) in [6.07, 6.45) is 2.33. The number of aliphatic hydroxyl groups excluding tert-OH is 1. The van der Waals surface area contributed by atoms with Crippen LogP contribution < -0.4 is 10.5 Å². The van der Waals surface area contributed by atoms with Gasteiger partial charge in [-0.15, -0.1) is 0 Å². The number of rotatable bonds is 8. The van der Waals surface area contributed by atoms with Crippen LogP contribution in [-0.4, -0.2) is 24.4 Å². The number of aryl methyl sites for hydroxylation is 2. The highest BCUT2D eigenvalue weighted by Gasteiger charge is 2.18. The van der Waals surface area contributed by atoms with E-state index in [0.717, 1.165) is 31.6 Å². The molecule has 3 nitrogen and oxygen atoms in total. The molecule has 0 bridgehead atoms. The molecule has 1 rings (SSSR count). The summed E-state index contributed by atoms with van der Waals surface area (Å²) in [7, 11) is 0. The maximum Gasteiger partial charge on any atom is 0.119 e. The lowest BCUT2D eigenvalue weighted by Crippen LogP contribution is -2.22. The Morgan fingerprint density at radius 2 is 1.80 bits per heavy atom. The van der Waals surface area contributed by atoms with Crippen molar-refractivity contribution in [2.75, 3.05) is 13.2 Å². The van der Waals surface area contributed by atoms with Crippen molar-refractivity contribution in [3.8, 4) is 5.75 Å². The van der Waals surface area contributed by atoms with E-state index in [1.807, 2.05) is 0 Å². The van der Waals surface area contributed by atoms with Gasteiger partial charge >= 0.3 is 0 Å². The van der Waals surface area contributed by atoms with Crippen LogP contribution in [0.3, 0.4) is 0 Å². The average molecular weight is 279 g/mol. The minimum atomic E-state index is -0.422. The van der Waals surface area contributed by atoms with Crippen molar-refractivity contribution in [3.05, 3.63) is 28.8 Å². The van der Waals surface area contributed by atoms with Crippen LogP contribution in [0.25, 0.3) is 0 Å². The van der Waals surface area contributed by atoms with Gasteiger partial charge in [-0.25, -0.2) is 0 Å². The Balaban J connectivity index is 2.98. The first-order valence-corrected chi connectivity index (χ1v) is 7.65. The lowest BCUT2D eigenvalue weighted by Gasteiger charge is -2.23. The van der Waals surface area contributed by atoms with Gasteiger partial charge in [0, 0.05) is 6.54 Å². The van der Waals surface area contributed by atoms with Gasteiger partial charge in [0.05, 0.1) is 12.7 Å². The zero-order chi connectivity index (χ0) is 15.1. The van der Waals surface area contributed by atoms with Crippen LogP contribution in [0.5, 0.6) is 5.75 Å². The molecule has 0 fully saturated rings. The Bertz CT molecular complexity index is 394. The average Bonchev–Trinajstić information content (AvgIpc) is 2.42. The minimum Gasteiger partial charge on any atom is -0.494 e. The van der Waals surface area contributed by atoms with Crippen molar-refractivity contribution >= 4 is 0 Å². The molecule has 0 spiro atoms. The van der Waals surface area contributed by atoms with Crippen molar-refractivity contribution in [1.82, 2.24) is 0 Å². The monoisotopic (exact) mass is 279 g/mol. The number of aliphatic hydroxyl groups is 1. The molecule has 0 saturated heterocycles. The van der Waals surface area contributed by atoms with Gasteiger partial charge in [-0.2, -0.15) is 0 Å². The highest BCUT2D eigenvalue weighted by atomic mass is 16.5. The molecule has 3 N–H and O–H groups in total. The molecule has 0 aromatic heterocycles. The molecule has 1 aromatic carbocycles. The number of hydrogen-bond acceptors (Lipinski definition) is 3. The number of nitrogens with two attached hydrogens (primary N) is 1. The maximum absolute atomic E-state index is 9.82. The van der Waals surface area contributed by atoms with Crippen LogP contribution in [0.4, 0.5) is 0 Å². The first-order chi connectivity index (χ1) is 9.53. The smallest absolute Gasteiger partial charge is 0.119 e. The Morgan fingerprint density at radius 1 is 1.20 bits per heavy atom. The standard InChI is InChI=1S/C17H29NO2/c1-5-7-20-16-8-12(3)17(13(4)9-16)14(6-2)10-15(19)11-18/h8-9,14-15,19H,5-7,10-11,18H2,1-4H3. The predicted molar refractivity (Wildman–Crippen MR) is 84.4 cm³/mol. The zero-order valence-corrected chi connectivity index (χ0v) is 13.3. The Kier molecular flexibility index (Phi) is 7.03. The molecule has 0 amide bonds. The van der Waals surface area contributed by atoms with E-state index < -0.39 is 6.10 Å². The van der Waals surface area contributed by atoms with Gasteiger partial charge in [0.1, 0.15) is 5.75 Å². The van der Waals surface area contributed by atoms with Gasteiger partial charge in [0.2, 0.25) is 0 Å². The van der Waals surface area contributed by atoms with Gasteiger partial charge in [0.15, 0.2) is 0 Å². The van der Waals surface area contributed by atoms with Crippen molar-refractivity contribution in [3.63, 3.8) is 0 Å². The summed E-state index contributed by atoms with van der Waals surface area (Å²) >= 11 is 0.